The minimum Gasteiger partial charge on any atom is -0.310 e. The lowest BCUT2D eigenvalue weighted by Crippen LogP contribution is -2.10. The second kappa shape index (κ2) is 7.34. The molecular formula is C26H19NS. The fourth-order valence-electron chi connectivity index (χ4n) is 3.71. The van der Waals surface area contributed by atoms with Crippen LogP contribution in [0.15, 0.2) is 115 Å². The molecule has 0 amide bonds. The fourth-order valence-corrected chi connectivity index (χ4v) is 4.47. The molecule has 5 rings (SSSR count). The van der Waals surface area contributed by atoms with Gasteiger partial charge in [-0.1, -0.05) is 72.8 Å². The second-order valence-electron chi connectivity index (χ2n) is 6.66. The van der Waals surface area contributed by atoms with E-state index in [0.717, 1.165) is 11.4 Å². The minimum absolute atomic E-state index is 1.16. The number of anilines is 3. The molecule has 1 aromatic heterocycles. The lowest BCUT2D eigenvalue weighted by atomic mass is 10.0. The van der Waals surface area contributed by atoms with E-state index < -0.39 is 0 Å². The summed E-state index contributed by atoms with van der Waals surface area (Å²) in [5.41, 5.74) is 4.79. The molecule has 0 aliphatic heterocycles. The monoisotopic (exact) mass is 377 g/mol. The van der Waals surface area contributed by atoms with Crippen LogP contribution < -0.4 is 4.90 Å². The first kappa shape index (κ1) is 16.8. The summed E-state index contributed by atoms with van der Waals surface area (Å²) in [6, 6.07) is 38.6. The van der Waals surface area contributed by atoms with Crippen LogP contribution in [0.5, 0.6) is 0 Å². The Morgan fingerprint density at radius 3 is 1.71 bits per heavy atom. The third-order valence-electron chi connectivity index (χ3n) is 4.96. The second-order valence-corrected chi connectivity index (χ2v) is 7.61. The number of hydrogen-bond acceptors (Lipinski definition) is 2. The van der Waals surface area contributed by atoms with Crippen LogP contribution in [-0.2, 0) is 0 Å². The van der Waals surface area contributed by atoms with Gasteiger partial charge in [0.05, 0.1) is 5.69 Å². The van der Waals surface area contributed by atoms with Crippen molar-refractivity contribution >= 4 is 39.2 Å². The summed E-state index contributed by atoms with van der Waals surface area (Å²) in [6.07, 6.45) is 0. The predicted octanol–water partition coefficient (Wildman–Crippen LogP) is 8.04. The summed E-state index contributed by atoms with van der Waals surface area (Å²) in [4.78, 5) is 3.63. The Morgan fingerprint density at radius 1 is 0.500 bits per heavy atom. The molecule has 0 atom stereocenters. The first-order valence-corrected chi connectivity index (χ1v) is 10.3. The van der Waals surface area contributed by atoms with Crippen molar-refractivity contribution in [2.24, 2.45) is 0 Å². The van der Waals surface area contributed by atoms with E-state index in [1.807, 2.05) is 0 Å². The summed E-state index contributed by atoms with van der Waals surface area (Å²) in [5.74, 6) is 0. The highest BCUT2D eigenvalue weighted by atomic mass is 32.1. The molecule has 5 aromatic rings. The van der Waals surface area contributed by atoms with Gasteiger partial charge in [0.1, 0.15) is 0 Å². The van der Waals surface area contributed by atoms with E-state index in [4.69, 9.17) is 0 Å². The van der Waals surface area contributed by atoms with E-state index in [0.29, 0.717) is 0 Å². The van der Waals surface area contributed by atoms with Crippen molar-refractivity contribution < 1.29 is 0 Å². The molecular weight excluding hydrogens is 358 g/mol. The van der Waals surface area contributed by atoms with E-state index >= 15 is 0 Å². The molecule has 28 heavy (non-hydrogen) atoms. The van der Waals surface area contributed by atoms with Crippen LogP contribution in [0.3, 0.4) is 0 Å². The van der Waals surface area contributed by atoms with Crippen molar-refractivity contribution in [3.05, 3.63) is 115 Å². The maximum atomic E-state index is 2.33. The molecule has 0 fully saturated rings. The van der Waals surface area contributed by atoms with Crippen molar-refractivity contribution in [1.82, 2.24) is 0 Å². The molecule has 134 valence electrons. The predicted molar refractivity (Wildman–Crippen MR) is 122 cm³/mol. The van der Waals surface area contributed by atoms with Crippen LogP contribution in [0.4, 0.5) is 17.1 Å². The number of fused-ring (bicyclic) bond motifs is 1. The Labute approximate surface area is 169 Å². The van der Waals surface area contributed by atoms with Crippen molar-refractivity contribution in [2.45, 2.75) is 0 Å². The van der Waals surface area contributed by atoms with Crippen molar-refractivity contribution in [2.75, 3.05) is 4.90 Å². The third kappa shape index (κ3) is 2.98. The molecule has 0 unspecified atom stereocenters. The lowest BCUT2D eigenvalue weighted by molar-refractivity contribution is 1.30. The number of rotatable bonds is 4. The van der Waals surface area contributed by atoms with Gasteiger partial charge in [0.25, 0.3) is 0 Å². The largest absolute Gasteiger partial charge is 0.310 e. The standard InChI is InChI=1S/C26H19NS/c1-3-10-20(11-4-1)27(21-12-5-2-6-13-21)25-18-17-24(26-16-9-19-28-26)22-14-7-8-15-23(22)25/h1-19H. The zero-order chi connectivity index (χ0) is 18.8. The maximum absolute atomic E-state index is 2.33. The van der Waals surface area contributed by atoms with Gasteiger partial charge in [0.2, 0.25) is 0 Å². The maximum Gasteiger partial charge on any atom is 0.0540 e. The summed E-state index contributed by atoms with van der Waals surface area (Å²) < 4.78 is 0. The Kier molecular flexibility index (Phi) is 4.40. The first-order valence-electron chi connectivity index (χ1n) is 9.38. The summed E-state index contributed by atoms with van der Waals surface area (Å²) in [7, 11) is 0. The molecule has 0 saturated heterocycles. The van der Waals surface area contributed by atoms with Gasteiger partial charge in [0, 0.05) is 21.6 Å². The quantitative estimate of drug-likeness (QED) is 0.306. The van der Waals surface area contributed by atoms with Gasteiger partial charge < -0.3 is 4.90 Å². The van der Waals surface area contributed by atoms with Crippen LogP contribution >= 0.6 is 11.3 Å². The summed E-state index contributed by atoms with van der Waals surface area (Å²) >= 11 is 1.78. The molecule has 1 heterocycles. The average Bonchev–Trinajstić information content (AvgIpc) is 3.30. The van der Waals surface area contributed by atoms with E-state index in [2.05, 4.69) is 119 Å². The highest BCUT2D eigenvalue weighted by molar-refractivity contribution is 7.13. The molecule has 0 bridgehead atoms. The molecule has 0 N–H and O–H groups in total. The van der Waals surface area contributed by atoms with Crippen molar-refractivity contribution in [3.8, 4) is 10.4 Å². The first-order chi connectivity index (χ1) is 13.9. The van der Waals surface area contributed by atoms with E-state index in [1.165, 1.54) is 26.9 Å². The summed E-state index contributed by atoms with van der Waals surface area (Å²) in [5, 5.41) is 4.67. The van der Waals surface area contributed by atoms with Gasteiger partial charge in [0.15, 0.2) is 0 Å². The van der Waals surface area contributed by atoms with Gasteiger partial charge in [-0.2, -0.15) is 0 Å². The Balaban J connectivity index is 1.78. The molecule has 0 aliphatic carbocycles. The zero-order valence-electron chi connectivity index (χ0n) is 15.3. The molecule has 1 nitrogen and oxygen atoms in total. The number of nitrogens with zero attached hydrogens (tertiary/aromatic N) is 1. The topological polar surface area (TPSA) is 3.24 Å². The van der Waals surface area contributed by atoms with Gasteiger partial charge in [-0.05, 0) is 52.7 Å². The lowest BCUT2D eigenvalue weighted by Gasteiger charge is -2.27. The normalized spacial score (nSPS) is 10.9. The molecule has 4 aromatic carbocycles. The van der Waals surface area contributed by atoms with Crippen LogP contribution in [-0.4, -0.2) is 0 Å². The highest BCUT2D eigenvalue weighted by Gasteiger charge is 2.16. The Hall–Kier alpha value is -3.36. The Bertz CT molecular complexity index is 1160. The van der Waals surface area contributed by atoms with Crippen LogP contribution in [0, 0.1) is 0 Å². The highest BCUT2D eigenvalue weighted by Crippen LogP contribution is 2.42. The minimum atomic E-state index is 1.16. The van der Waals surface area contributed by atoms with Gasteiger partial charge >= 0.3 is 0 Å². The van der Waals surface area contributed by atoms with Gasteiger partial charge in [-0.25, -0.2) is 0 Å². The molecule has 2 heteroatoms. The van der Waals surface area contributed by atoms with Crippen LogP contribution in [0.25, 0.3) is 21.2 Å². The number of para-hydroxylation sites is 2. The molecule has 0 aliphatic rings. The smallest absolute Gasteiger partial charge is 0.0540 e. The van der Waals surface area contributed by atoms with Crippen LogP contribution in [0.1, 0.15) is 0 Å². The van der Waals surface area contributed by atoms with E-state index in [1.54, 1.807) is 11.3 Å². The SMILES string of the molecule is c1ccc(N(c2ccccc2)c2ccc(-c3cccs3)c3ccccc23)cc1. The average molecular weight is 378 g/mol. The molecule has 0 radical (unpaired) electrons. The Morgan fingerprint density at radius 2 is 1.11 bits per heavy atom. The number of thiophene rings is 1. The number of benzene rings is 4. The fraction of sp³-hybridized carbons (Fsp3) is 0. The molecule has 0 saturated carbocycles. The van der Waals surface area contributed by atoms with Gasteiger partial charge in [-0.3, -0.25) is 0 Å². The number of hydrogen-bond donors (Lipinski definition) is 0. The molecule has 0 spiro atoms. The van der Waals surface area contributed by atoms with Crippen molar-refractivity contribution in [1.29, 1.82) is 0 Å². The van der Waals surface area contributed by atoms with Crippen LogP contribution in [0.2, 0.25) is 0 Å². The third-order valence-corrected chi connectivity index (χ3v) is 5.86. The summed E-state index contributed by atoms with van der Waals surface area (Å²) in [6.45, 7) is 0. The zero-order valence-corrected chi connectivity index (χ0v) is 16.1. The van der Waals surface area contributed by atoms with Crippen molar-refractivity contribution in [3.63, 3.8) is 0 Å². The van der Waals surface area contributed by atoms with E-state index in [-0.39, 0.29) is 0 Å². The van der Waals surface area contributed by atoms with E-state index in [9.17, 15) is 0 Å². The van der Waals surface area contributed by atoms with Gasteiger partial charge in [-0.15, -0.1) is 11.3 Å².